The normalized spacial score (nSPS) is 16.8. The van der Waals surface area contributed by atoms with Crippen molar-refractivity contribution in [2.45, 2.75) is 37.8 Å². The van der Waals surface area contributed by atoms with E-state index in [2.05, 4.69) is 0 Å². The Labute approximate surface area is 103 Å². The van der Waals surface area contributed by atoms with Gasteiger partial charge in [0.05, 0.1) is 6.61 Å². The Balaban J connectivity index is 0. The third-order valence-corrected chi connectivity index (χ3v) is 1.81. The van der Waals surface area contributed by atoms with Crippen LogP contribution in [0.3, 0.4) is 0 Å². The average molecular weight is 270 g/mol. The van der Waals surface area contributed by atoms with Crippen molar-refractivity contribution in [1.29, 1.82) is 0 Å². The van der Waals surface area contributed by atoms with Crippen molar-refractivity contribution < 1.29 is 45.3 Å². The van der Waals surface area contributed by atoms with Crippen LogP contribution in [0.15, 0.2) is 0 Å². The van der Waals surface area contributed by atoms with E-state index in [0.717, 1.165) is 0 Å². The summed E-state index contributed by atoms with van der Waals surface area (Å²) < 4.78 is 0. The summed E-state index contributed by atoms with van der Waals surface area (Å²) in [6, 6.07) is 0. The summed E-state index contributed by atoms with van der Waals surface area (Å²) in [4.78, 5) is 19.5. The lowest BCUT2D eigenvalue weighted by Gasteiger charge is -2.23. The highest BCUT2D eigenvalue weighted by molar-refractivity contribution is 5.72. The molecule has 0 spiro atoms. The first-order valence-electron chi connectivity index (χ1n) is 4.96. The lowest BCUT2D eigenvalue weighted by molar-refractivity contribution is -0.164. The molecule has 0 bridgehead atoms. The molecule has 4 atom stereocenters. The molecule has 0 radical (unpaired) electrons. The highest BCUT2D eigenvalue weighted by atomic mass is 16.4. The molecule has 0 amide bonds. The van der Waals surface area contributed by atoms with E-state index in [1.807, 2.05) is 0 Å². The van der Waals surface area contributed by atoms with Crippen LogP contribution in [0, 0.1) is 0 Å². The van der Waals surface area contributed by atoms with Crippen molar-refractivity contribution >= 4 is 11.9 Å². The molecule has 9 heteroatoms. The summed E-state index contributed by atoms with van der Waals surface area (Å²) >= 11 is 0. The van der Waals surface area contributed by atoms with E-state index < -0.39 is 43.0 Å². The van der Waals surface area contributed by atoms with Gasteiger partial charge in [0.2, 0.25) is 0 Å². The van der Waals surface area contributed by atoms with Gasteiger partial charge in [-0.05, 0) is 0 Å². The van der Waals surface area contributed by atoms with Crippen molar-refractivity contribution in [3.8, 4) is 0 Å². The number of aliphatic hydroxyl groups is 5. The predicted molar refractivity (Wildman–Crippen MR) is 56.7 cm³/mol. The summed E-state index contributed by atoms with van der Waals surface area (Å²) in [7, 11) is 0. The Bertz CT molecular complexity index is 254. The van der Waals surface area contributed by atoms with Crippen molar-refractivity contribution in [2.75, 3.05) is 6.61 Å². The van der Waals surface area contributed by atoms with Gasteiger partial charge in [0.15, 0.2) is 6.10 Å². The number of carboxylic acid groups (broad SMARTS) is 2. The lowest BCUT2D eigenvalue weighted by Crippen LogP contribution is -2.48. The number of rotatable bonds is 6. The molecule has 0 aliphatic carbocycles. The minimum Gasteiger partial charge on any atom is -0.481 e. The van der Waals surface area contributed by atoms with Crippen LogP contribution in [-0.4, -0.2) is 78.7 Å². The van der Waals surface area contributed by atoms with E-state index in [9.17, 15) is 9.59 Å². The molecule has 0 rings (SSSR count). The molecule has 108 valence electrons. The maximum Gasteiger partial charge on any atom is 0.335 e. The number of aliphatic hydroxyl groups excluding tert-OH is 5. The largest absolute Gasteiger partial charge is 0.481 e. The van der Waals surface area contributed by atoms with E-state index >= 15 is 0 Å². The van der Waals surface area contributed by atoms with Gasteiger partial charge in [-0.1, -0.05) is 6.92 Å². The van der Waals surface area contributed by atoms with Gasteiger partial charge in [0, 0.05) is 6.42 Å². The highest BCUT2D eigenvalue weighted by Gasteiger charge is 2.33. The molecule has 0 aliphatic rings. The predicted octanol–water partition coefficient (Wildman–Crippen LogP) is -3.01. The Morgan fingerprint density at radius 3 is 1.61 bits per heavy atom. The second kappa shape index (κ2) is 9.74. The van der Waals surface area contributed by atoms with E-state index in [0.29, 0.717) is 0 Å². The topological polar surface area (TPSA) is 176 Å². The molecule has 0 aromatic carbocycles. The van der Waals surface area contributed by atoms with Crippen molar-refractivity contribution in [2.24, 2.45) is 0 Å². The van der Waals surface area contributed by atoms with Crippen LogP contribution in [0.5, 0.6) is 0 Å². The molecule has 0 heterocycles. The zero-order valence-corrected chi connectivity index (χ0v) is 9.67. The number of carboxylic acids is 2. The first-order valence-corrected chi connectivity index (χ1v) is 4.96. The molecule has 0 saturated heterocycles. The van der Waals surface area contributed by atoms with Crippen LogP contribution >= 0.6 is 0 Å². The summed E-state index contributed by atoms with van der Waals surface area (Å²) in [5.41, 5.74) is 0. The first kappa shape index (κ1) is 19.1. The molecule has 0 aromatic rings. The number of aliphatic carboxylic acids is 2. The maximum atomic E-state index is 10.1. The maximum absolute atomic E-state index is 10.1. The Kier molecular flexibility index (Phi) is 10.3. The van der Waals surface area contributed by atoms with Gasteiger partial charge >= 0.3 is 11.9 Å². The molecular weight excluding hydrogens is 252 g/mol. The van der Waals surface area contributed by atoms with Crippen molar-refractivity contribution in [3.63, 3.8) is 0 Å². The second-order valence-electron chi connectivity index (χ2n) is 3.26. The minimum atomic E-state index is -2.20. The van der Waals surface area contributed by atoms with Crippen molar-refractivity contribution in [1.82, 2.24) is 0 Å². The lowest BCUT2D eigenvalue weighted by atomic mass is 10.0. The molecule has 0 fully saturated rings. The summed E-state index contributed by atoms with van der Waals surface area (Å²) in [5.74, 6) is -2.47. The van der Waals surface area contributed by atoms with E-state index in [1.54, 1.807) is 6.92 Å². The first-order chi connectivity index (χ1) is 8.18. The average Bonchev–Trinajstić information content (AvgIpc) is 2.35. The molecule has 9 nitrogen and oxygen atoms in total. The number of hydrogen-bond donors (Lipinski definition) is 7. The second-order valence-corrected chi connectivity index (χ2v) is 3.26. The van der Waals surface area contributed by atoms with E-state index in [-0.39, 0.29) is 6.42 Å². The zero-order chi connectivity index (χ0) is 14.9. The molecule has 4 unspecified atom stereocenters. The molecule has 18 heavy (non-hydrogen) atoms. The van der Waals surface area contributed by atoms with Crippen LogP contribution < -0.4 is 0 Å². The Morgan fingerprint density at radius 1 is 1.00 bits per heavy atom. The minimum absolute atomic E-state index is 0.222. The summed E-state index contributed by atoms with van der Waals surface area (Å²) in [5, 5.41) is 59.5. The van der Waals surface area contributed by atoms with Crippen molar-refractivity contribution in [3.05, 3.63) is 0 Å². The quantitative estimate of drug-likeness (QED) is 0.265. The third-order valence-electron chi connectivity index (χ3n) is 1.81. The Hall–Kier alpha value is -1.26. The van der Waals surface area contributed by atoms with Crippen LogP contribution in [-0.2, 0) is 9.59 Å². The SMILES string of the molecule is CCC(=O)O.O=C(O)C(O)C(O)C(O)C(O)CO. The smallest absolute Gasteiger partial charge is 0.335 e. The van der Waals surface area contributed by atoms with Crippen LogP contribution in [0.2, 0.25) is 0 Å². The van der Waals surface area contributed by atoms with E-state index in [1.165, 1.54) is 0 Å². The standard InChI is InChI=1S/C6H12O7.C3H6O2/c7-1-2(8)3(9)4(10)5(11)6(12)13;1-2-3(4)5/h2-5,7-11H,1H2,(H,12,13);2H2,1H3,(H,4,5). The number of hydrogen-bond acceptors (Lipinski definition) is 7. The van der Waals surface area contributed by atoms with Gasteiger partial charge < -0.3 is 35.7 Å². The highest BCUT2D eigenvalue weighted by Crippen LogP contribution is 2.04. The third kappa shape index (κ3) is 7.92. The van der Waals surface area contributed by atoms with Crippen LogP contribution in [0.1, 0.15) is 13.3 Å². The van der Waals surface area contributed by atoms with Gasteiger partial charge in [0.1, 0.15) is 18.3 Å². The van der Waals surface area contributed by atoms with Gasteiger partial charge in [-0.25, -0.2) is 4.79 Å². The number of carbonyl (C=O) groups is 2. The molecule has 0 aliphatic heterocycles. The fraction of sp³-hybridized carbons (Fsp3) is 0.778. The van der Waals surface area contributed by atoms with Gasteiger partial charge in [0.25, 0.3) is 0 Å². The fourth-order valence-electron chi connectivity index (χ4n) is 0.668. The van der Waals surface area contributed by atoms with Gasteiger partial charge in [-0.15, -0.1) is 0 Å². The Morgan fingerprint density at radius 2 is 1.39 bits per heavy atom. The van der Waals surface area contributed by atoms with Crippen LogP contribution in [0.4, 0.5) is 0 Å². The molecule has 0 saturated carbocycles. The fourth-order valence-corrected chi connectivity index (χ4v) is 0.668. The monoisotopic (exact) mass is 270 g/mol. The van der Waals surface area contributed by atoms with Gasteiger partial charge in [-0.3, -0.25) is 4.79 Å². The zero-order valence-electron chi connectivity index (χ0n) is 9.67. The molecular formula is C9H18O9. The summed E-state index contributed by atoms with van der Waals surface area (Å²) in [6.45, 7) is 0.757. The summed E-state index contributed by atoms with van der Waals surface area (Å²) in [6.07, 6.45) is -7.61. The molecule has 7 N–H and O–H groups in total. The molecule has 0 aromatic heterocycles. The van der Waals surface area contributed by atoms with Crippen LogP contribution in [0.25, 0.3) is 0 Å². The van der Waals surface area contributed by atoms with E-state index in [4.69, 9.17) is 35.7 Å². The van der Waals surface area contributed by atoms with Gasteiger partial charge in [-0.2, -0.15) is 0 Å².